The standard InChI is InChI=1S/C16H13F3O3/c1-21-13-8-7-12(9-20)14(16(17,18)19)15(13)22-10-11-5-3-2-4-6-11/h2-9H,10H2,1H3. The Labute approximate surface area is 125 Å². The fourth-order valence-corrected chi connectivity index (χ4v) is 2.00. The highest BCUT2D eigenvalue weighted by molar-refractivity contribution is 5.80. The van der Waals surface area contributed by atoms with E-state index in [4.69, 9.17) is 9.47 Å². The van der Waals surface area contributed by atoms with Gasteiger partial charge in [-0.15, -0.1) is 0 Å². The number of aldehydes is 1. The van der Waals surface area contributed by atoms with Crippen LogP contribution in [-0.4, -0.2) is 13.4 Å². The second kappa shape index (κ2) is 6.51. The number of carbonyl (C=O) groups is 1. The van der Waals surface area contributed by atoms with Gasteiger partial charge in [0.1, 0.15) is 12.2 Å². The van der Waals surface area contributed by atoms with Gasteiger partial charge >= 0.3 is 6.18 Å². The van der Waals surface area contributed by atoms with Gasteiger partial charge < -0.3 is 9.47 Å². The highest BCUT2D eigenvalue weighted by Gasteiger charge is 2.39. The number of benzene rings is 2. The van der Waals surface area contributed by atoms with E-state index in [1.807, 2.05) is 0 Å². The smallest absolute Gasteiger partial charge is 0.420 e. The Morgan fingerprint density at radius 3 is 2.32 bits per heavy atom. The molecule has 0 aromatic heterocycles. The van der Waals surface area contributed by atoms with E-state index in [-0.39, 0.29) is 18.6 Å². The summed E-state index contributed by atoms with van der Waals surface area (Å²) in [5.74, 6) is -0.558. The van der Waals surface area contributed by atoms with Crippen molar-refractivity contribution in [3.05, 3.63) is 59.2 Å². The molecule has 0 aliphatic heterocycles. The Kier molecular flexibility index (Phi) is 4.70. The Balaban J connectivity index is 2.45. The first kappa shape index (κ1) is 15.9. The predicted octanol–water partition coefficient (Wildman–Crippen LogP) is 4.11. The van der Waals surface area contributed by atoms with Crippen molar-refractivity contribution >= 4 is 6.29 Å². The summed E-state index contributed by atoms with van der Waals surface area (Å²) in [7, 11) is 1.24. The molecule has 6 heteroatoms. The summed E-state index contributed by atoms with van der Waals surface area (Å²) in [4.78, 5) is 10.9. The normalized spacial score (nSPS) is 11.1. The Morgan fingerprint density at radius 1 is 1.09 bits per heavy atom. The number of methoxy groups -OCH3 is 1. The molecule has 2 aromatic rings. The van der Waals surface area contributed by atoms with Crippen molar-refractivity contribution in [1.82, 2.24) is 0 Å². The Morgan fingerprint density at radius 2 is 1.77 bits per heavy atom. The lowest BCUT2D eigenvalue weighted by Crippen LogP contribution is -2.13. The van der Waals surface area contributed by atoms with Gasteiger partial charge in [-0.2, -0.15) is 13.2 Å². The molecular formula is C16H13F3O3. The van der Waals surface area contributed by atoms with Crippen molar-refractivity contribution in [2.45, 2.75) is 12.8 Å². The van der Waals surface area contributed by atoms with Crippen LogP contribution in [0, 0.1) is 0 Å². The minimum absolute atomic E-state index is 0.0669. The summed E-state index contributed by atoms with van der Waals surface area (Å²) >= 11 is 0. The minimum atomic E-state index is -4.73. The van der Waals surface area contributed by atoms with Crippen LogP contribution in [-0.2, 0) is 12.8 Å². The van der Waals surface area contributed by atoms with E-state index < -0.39 is 23.1 Å². The third-order valence-corrected chi connectivity index (χ3v) is 3.01. The summed E-state index contributed by atoms with van der Waals surface area (Å²) in [6.45, 7) is -0.0669. The first-order valence-corrected chi connectivity index (χ1v) is 6.37. The molecule has 0 atom stereocenters. The Bertz CT molecular complexity index is 652. The SMILES string of the molecule is COc1ccc(C=O)c(C(F)(F)F)c1OCc1ccccc1. The van der Waals surface area contributed by atoms with Gasteiger partial charge in [0.2, 0.25) is 0 Å². The second-order valence-electron chi connectivity index (χ2n) is 4.45. The highest BCUT2D eigenvalue weighted by atomic mass is 19.4. The van der Waals surface area contributed by atoms with Crippen molar-refractivity contribution in [3.8, 4) is 11.5 Å². The van der Waals surface area contributed by atoms with E-state index in [1.54, 1.807) is 30.3 Å². The molecule has 0 radical (unpaired) electrons. The van der Waals surface area contributed by atoms with E-state index in [0.29, 0.717) is 5.56 Å². The molecule has 3 nitrogen and oxygen atoms in total. The zero-order chi connectivity index (χ0) is 16.2. The van der Waals surface area contributed by atoms with Crippen LogP contribution in [0.15, 0.2) is 42.5 Å². The predicted molar refractivity (Wildman–Crippen MR) is 74.2 cm³/mol. The molecule has 0 aliphatic rings. The summed E-state index contributed by atoms with van der Waals surface area (Å²) in [6.07, 6.45) is -4.57. The van der Waals surface area contributed by atoms with E-state index >= 15 is 0 Å². The molecule has 116 valence electrons. The van der Waals surface area contributed by atoms with Gasteiger partial charge in [0.15, 0.2) is 17.8 Å². The van der Waals surface area contributed by atoms with Gasteiger partial charge in [-0.25, -0.2) is 0 Å². The second-order valence-corrected chi connectivity index (χ2v) is 4.45. The van der Waals surface area contributed by atoms with Gasteiger partial charge in [0.25, 0.3) is 0 Å². The maximum atomic E-state index is 13.2. The molecule has 0 aliphatic carbocycles. The van der Waals surface area contributed by atoms with Crippen LogP contribution in [0.1, 0.15) is 21.5 Å². The van der Waals surface area contributed by atoms with Crippen LogP contribution in [0.2, 0.25) is 0 Å². The van der Waals surface area contributed by atoms with Crippen molar-refractivity contribution in [2.75, 3.05) is 7.11 Å². The summed E-state index contributed by atoms with van der Waals surface area (Å²) in [6, 6.07) is 11.1. The van der Waals surface area contributed by atoms with Crippen LogP contribution in [0.4, 0.5) is 13.2 Å². The zero-order valence-corrected chi connectivity index (χ0v) is 11.7. The van der Waals surface area contributed by atoms with Crippen LogP contribution in [0.25, 0.3) is 0 Å². The maximum Gasteiger partial charge on any atom is 0.420 e. The third kappa shape index (κ3) is 3.39. The monoisotopic (exact) mass is 310 g/mol. The number of alkyl halides is 3. The van der Waals surface area contributed by atoms with Crippen LogP contribution in [0.3, 0.4) is 0 Å². The summed E-state index contributed by atoms with van der Waals surface area (Å²) in [5, 5.41) is 0. The van der Waals surface area contributed by atoms with Crippen molar-refractivity contribution < 1.29 is 27.4 Å². The molecule has 0 fully saturated rings. The molecule has 2 aromatic carbocycles. The molecule has 0 spiro atoms. The molecule has 0 heterocycles. The van der Waals surface area contributed by atoms with Gasteiger partial charge in [-0.1, -0.05) is 30.3 Å². The molecule has 2 rings (SSSR count). The van der Waals surface area contributed by atoms with E-state index in [0.717, 1.165) is 6.07 Å². The number of carbonyl (C=O) groups excluding carboxylic acids is 1. The van der Waals surface area contributed by atoms with Crippen molar-refractivity contribution in [1.29, 1.82) is 0 Å². The van der Waals surface area contributed by atoms with E-state index in [1.165, 1.54) is 13.2 Å². The fourth-order valence-electron chi connectivity index (χ4n) is 2.00. The average molecular weight is 310 g/mol. The molecule has 0 amide bonds. The Hall–Kier alpha value is -2.50. The van der Waals surface area contributed by atoms with E-state index in [2.05, 4.69) is 0 Å². The number of hydrogen-bond donors (Lipinski definition) is 0. The molecule has 0 bridgehead atoms. The number of rotatable bonds is 5. The van der Waals surface area contributed by atoms with Crippen LogP contribution in [0.5, 0.6) is 11.5 Å². The van der Waals surface area contributed by atoms with E-state index in [9.17, 15) is 18.0 Å². The first-order chi connectivity index (χ1) is 10.5. The van der Waals surface area contributed by atoms with Crippen LogP contribution < -0.4 is 9.47 Å². The van der Waals surface area contributed by atoms with Gasteiger partial charge in [-0.05, 0) is 17.7 Å². The number of halogens is 3. The highest BCUT2D eigenvalue weighted by Crippen LogP contribution is 2.43. The fraction of sp³-hybridized carbons (Fsp3) is 0.188. The maximum absolute atomic E-state index is 13.2. The topological polar surface area (TPSA) is 35.5 Å². The molecule has 0 saturated carbocycles. The summed E-state index contributed by atoms with van der Waals surface area (Å²) in [5.41, 5.74) is -0.914. The van der Waals surface area contributed by atoms with Gasteiger partial charge in [-0.3, -0.25) is 4.79 Å². The molecule has 22 heavy (non-hydrogen) atoms. The molecule has 0 unspecified atom stereocenters. The summed E-state index contributed by atoms with van der Waals surface area (Å²) < 4.78 is 50.0. The largest absolute Gasteiger partial charge is 0.493 e. The molecule has 0 N–H and O–H groups in total. The van der Waals surface area contributed by atoms with Gasteiger partial charge in [0.05, 0.1) is 7.11 Å². The quantitative estimate of drug-likeness (QED) is 0.780. The number of ether oxygens (including phenoxy) is 2. The first-order valence-electron chi connectivity index (χ1n) is 6.37. The van der Waals surface area contributed by atoms with Crippen molar-refractivity contribution in [2.24, 2.45) is 0 Å². The lowest BCUT2D eigenvalue weighted by molar-refractivity contribution is -0.139. The lowest BCUT2D eigenvalue weighted by atomic mass is 10.1. The molecule has 0 saturated heterocycles. The van der Waals surface area contributed by atoms with Gasteiger partial charge in [0, 0.05) is 5.56 Å². The van der Waals surface area contributed by atoms with Crippen LogP contribution >= 0.6 is 0 Å². The van der Waals surface area contributed by atoms with Crippen molar-refractivity contribution in [3.63, 3.8) is 0 Å². The molecular weight excluding hydrogens is 297 g/mol. The number of hydrogen-bond acceptors (Lipinski definition) is 3. The minimum Gasteiger partial charge on any atom is -0.493 e. The lowest BCUT2D eigenvalue weighted by Gasteiger charge is -2.18. The zero-order valence-electron chi connectivity index (χ0n) is 11.7. The average Bonchev–Trinajstić information content (AvgIpc) is 2.51. The third-order valence-electron chi connectivity index (χ3n) is 3.01.